The van der Waals surface area contributed by atoms with E-state index in [9.17, 15) is 5.11 Å². The lowest BCUT2D eigenvalue weighted by molar-refractivity contribution is 0.0269. The number of pyridine rings is 1. The molecule has 21 heavy (non-hydrogen) atoms. The SMILES string of the molecule is CC(C)(O)COc1cccc(Nc2nc(Cl)ncc2I)n1. The number of aliphatic hydroxyl groups is 1. The Hall–Kier alpha value is -1.19. The first kappa shape index (κ1) is 16.2. The second kappa shape index (κ2) is 6.71. The van der Waals surface area contributed by atoms with Gasteiger partial charge in [-0.3, -0.25) is 0 Å². The highest BCUT2D eigenvalue weighted by atomic mass is 127. The highest BCUT2D eigenvalue weighted by molar-refractivity contribution is 14.1. The predicted molar refractivity (Wildman–Crippen MR) is 89.1 cm³/mol. The molecule has 0 aromatic carbocycles. The van der Waals surface area contributed by atoms with Crippen molar-refractivity contribution >= 4 is 45.8 Å². The zero-order chi connectivity index (χ0) is 15.5. The summed E-state index contributed by atoms with van der Waals surface area (Å²) >= 11 is 7.88. The molecule has 0 aliphatic carbocycles. The van der Waals surface area contributed by atoms with Gasteiger partial charge >= 0.3 is 0 Å². The number of halogens is 2. The molecule has 2 N–H and O–H groups in total. The van der Waals surface area contributed by atoms with Gasteiger partial charge in [0.25, 0.3) is 0 Å². The molecule has 2 aromatic heterocycles. The van der Waals surface area contributed by atoms with E-state index in [2.05, 4.69) is 42.9 Å². The molecule has 112 valence electrons. The van der Waals surface area contributed by atoms with Gasteiger partial charge in [-0.1, -0.05) is 6.07 Å². The molecule has 0 unspecified atom stereocenters. The van der Waals surface area contributed by atoms with Crippen LogP contribution in [0.2, 0.25) is 5.28 Å². The number of aromatic nitrogens is 3. The normalized spacial score (nSPS) is 11.3. The predicted octanol–water partition coefficient (Wildman–Crippen LogP) is 3.02. The third kappa shape index (κ3) is 5.25. The fourth-order valence-electron chi connectivity index (χ4n) is 1.37. The largest absolute Gasteiger partial charge is 0.475 e. The van der Waals surface area contributed by atoms with Crippen LogP contribution in [0.5, 0.6) is 5.88 Å². The zero-order valence-electron chi connectivity index (χ0n) is 11.5. The Bertz CT molecular complexity index is 634. The first-order valence-electron chi connectivity index (χ1n) is 6.11. The van der Waals surface area contributed by atoms with Crippen molar-refractivity contribution in [3.05, 3.63) is 33.2 Å². The molecule has 0 atom stereocenters. The van der Waals surface area contributed by atoms with Crippen molar-refractivity contribution in [2.75, 3.05) is 11.9 Å². The average Bonchev–Trinajstić information content (AvgIpc) is 2.40. The monoisotopic (exact) mass is 420 g/mol. The highest BCUT2D eigenvalue weighted by Gasteiger charge is 2.14. The summed E-state index contributed by atoms with van der Waals surface area (Å²) in [6.45, 7) is 3.49. The van der Waals surface area contributed by atoms with Crippen LogP contribution in [0.25, 0.3) is 0 Å². The Morgan fingerprint density at radius 2 is 2.14 bits per heavy atom. The fraction of sp³-hybridized carbons (Fsp3) is 0.308. The maximum atomic E-state index is 9.65. The van der Waals surface area contributed by atoms with Crippen molar-refractivity contribution < 1.29 is 9.84 Å². The minimum absolute atomic E-state index is 0.153. The van der Waals surface area contributed by atoms with E-state index in [1.54, 1.807) is 38.2 Å². The zero-order valence-corrected chi connectivity index (χ0v) is 14.4. The second-order valence-electron chi connectivity index (χ2n) is 4.92. The smallest absolute Gasteiger partial charge is 0.224 e. The van der Waals surface area contributed by atoms with E-state index < -0.39 is 5.60 Å². The summed E-state index contributed by atoms with van der Waals surface area (Å²) in [5.41, 5.74) is -0.916. The molecule has 0 fully saturated rings. The van der Waals surface area contributed by atoms with Crippen molar-refractivity contribution in [2.45, 2.75) is 19.4 Å². The number of rotatable bonds is 5. The molecule has 2 rings (SSSR count). The van der Waals surface area contributed by atoms with Gasteiger partial charge < -0.3 is 15.2 Å². The summed E-state index contributed by atoms with van der Waals surface area (Å²) in [6, 6.07) is 5.29. The van der Waals surface area contributed by atoms with E-state index in [-0.39, 0.29) is 11.9 Å². The van der Waals surface area contributed by atoms with Gasteiger partial charge in [0.2, 0.25) is 11.2 Å². The highest BCUT2D eigenvalue weighted by Crippen LogP contribution is 2.21. The second-order valence-corrected chi connectivity index (χ2v) is 6.42. The van der Waals surface area contributed by atoms with E-state index >= 15 is 0 Å². The van der Waals surface area contributed by atoms with Gasteiger partial charge in [-0.25, -0.2) is 4.98 Å². The van der Waals surface area contributed by atoms with E-state index in [0.717, 1.165) is 3.57 Å². The Labute approximate surface area is 141 Å². The Morgan fingerprint density at radius 3 is 2.86 bits per heavy atom. The number of nitrogens with one attached hydrogen (secondary N) is 1. The Kier molecular flexibility index (Phi) is 5.17. The Balaban J connectivity index is 2.12. The quantitative estimate of drug-likeness (QED) is 0.572. The van der Waals surface area contributed by atoms with Crippen molar-refractivity contribution in [3.63, 3.8) is 0 Å². The third-order valence-electron chi connectivity index (χ3n) is 2.26. The summed E-state index contributed by atoms with van der Waals surface area (Å²) in [7, 11) is 0. The molecule has 2 aromatic rings. The molecular weight excluding hydrogens is 407 g/mol. The van der Waals surface area contributed by atoms with Crippen LogP contribution in [-0.4, -0.2) is 32.3 Å². The molecule has 0 radical (unpaired) electrons. The number of hydrogen-bond acceptors (Lipinski definition) is 6. The molecule has 0 saturated carbocycles. The number of ether oxygens (including phenoxy) is 1. The lowest BCUT2D eigenvalue weighted by Gasteiger charge is -2.17. The number of nitrogens with zero attached hydrogens (tertiary/aromatic N) is 3. The minimum atomic E-state index is -0.916. The van der Waals surface area contributed by atoms with Gasteiger partial charge in [0.1, 0.15) is 18.2 Å². The average molecular weight is 421 g/mol. The van der Waals surface area contributed by atoms with Gasteiger partial charge in [0.15, 0.2) is 0 Å². The third-order valence-corrected chi connectivity index (χ3v) is 3.23. The van der Waals surface area contributed by atoms with E-state index in [0.29, 0.717) is 17.5 Å². The fourth-order valence-corrected chi connectivity index (χ4v) is 1.90. The van der Waals surface area contributed by atoms with E-state index in [1.165, 1.54) is 0 Å². The van der Waals surface area contributed by atoms with Crippen LogP contribution >= 0.6 is 34.2 Å². The first-order chi connectivity index (χ1) is 9.83. The lowest BCUT2D eigenvalue weighted by Crippen LogP contribution is -2.28. The van der Waals surface area contributed by atoms with Crippen LogP contribution in [0.4, 0.5) is 11.6 Å². The molecule has 0 spiro atoms. The molecule has 8 heteroatoms. The summed E-state index contributed by atoms with van der Waals surface area (Å²) in [5.74, 6) is 1.55. The van der Waals surface area contributed by atoms with Crippen LogP contribution in [-0.2, 0) is 0 Å². The van der Waals surface area contributed by atoms with Crippen LogP contribution in [0, 0.1) is 3.57 Å². The molecular formula is C13H14ClIN4O2. The maximum Gasteiger partial charge on any atom is 0.224 e. The van der Waals surface area contributed by atoms with E-state index in [1.807, 2.05) is 0 Å². The van der Waals surface area contributed by atoms with Crippen molar-refractivity contribution in [1.29, 1.82) is 0 Å². The van der Waals surface area contributed by atoms with E-state index in [4.69, 9.17) is 16.3 Å². The summed E-state index contributed by atoms with van der Waals surface area (Å²) in [5, 5.41) is 12.9. The van der Waals surface area contributed by atoms with Crippen molar-refractivity contribution in [1.82, 2.24) is 15.0 Å². The maximum absolute atomic E-state index is 9.65. The number of hydrogen-bond donors (Lipinski definition) is 2. The van der Waals surface area contributed by atoms with Crippen LogP contribution in [0.3, 0.4) is 0 Å². The Morgan fingerprint density at radius 1 is 1.38 bits per heavy atom. The summed E-state index contributed by atoms with van der Waals surface area (Å²) in [6.07, 6.45) is 1.62. The molecule has 2 heterocycles. The van der Waals surface area contributed by atoms with Gasteiger partial charge in [-0.2, -0.15) is 9.97 Å². The first-order valence-corrected chi connectivity index (χ1v) is 7.56. The van der Waals surface area contributed by atoms with Crippen LogP contribution in [0.15, 0.2) is 24.4 Å². The number of anilines is 2. The lowest BCUT2D eigenvalue weighted by atomic mass is 10.2. The van der Waals surface area contributed by atoms with Crippen LogP contribution < -0.4 is 10.1 Å². The summed E-state index contributed by atoms with van der Waals surface area (Å²) < 4.78 is 6.26. The van der Waals surface area contributed by atoms with Crippen molar-refractivity contribution in [2.24, 2.45) is 0 Å². The van der Waals surface area contributed by atoms with Gasteiger partial charge in [-0.05, 0) is 54.1 Å². The van der Waals surface area contributed by atoms with Gasteiger partial charge in [0, 0.05) is 12.3 Å². The standard InChI is InChI=1S/C13H14ClIN4O2/c1-13(2,20)7-21-10-5-3-4-9(17-10)18-11-8(15)6-16-12(14)19-11/h3-6,20H,7H2,1-2H3,(H,16,17,18,19). The van der Waals surface area contributed by atoms with Crippen molar-refractivity contribution in [3.8, 4) is 5.88 Å². The van der Waals surface area contributed by atoms with Gasteiger partial charge in [-0.15, -0.1) is 0 Å². The molecule has 0 aliphatic rings. The summed E-state index contributed by atoms with van der Waals surface area (Å²) in [4.78, 5) is 12.3. The molecule has 6 nitrogen and oxygen atoms in total. The molecule has 0 saturated heterocycles. The topological polar surface area (TPSA) is 80.2 Å². The molecule has 0 amide bonds. The molecule has 0 bridgehead atoms. The molecule has 0 aliphatic heterocycles. The minimum Gasteiger partial charge on any atom is -0.475 e. The van der Waals surface area contributed by atoms with Gasteiger partial charge in [0.05, 0.1) is 9.17 Å². The van der Waals surface area contributed by atoms with Crippen LogP contribution in [0.1, 0.15) is 13.8 Å².